The van der Waals surface area contributed by atoms with Crippen LogP contribution in [0.5, 0.6) is 0 Å². The Kier molecular flexibility index (Phi) is 5.21. The fraction of sp³-hybridized carbons (Fsp3) is 1.00. The quantitative estimate of drug-likeness (QED) is 0.500. The maximum Gasteiger partial charge on any atom is 0.0591 e. The number of halogens is 1. The standard InChI is InChI=1S/C11H22ClNO/c1-10(2)7-14-6-5-13-9-11(8-12)3-4-11/h10,13H,3-9H2,1-2H3. The predicted octanol–water partition coefficient (Wildman–Crippen LogP) is 2.27. The van der Waals surface area contributed by atoms with E-state index in [1.54, 1.807) is 0 Å². The predicted molar refractivity (Wildman–Crippen MR) is 60.9 cm³/mol. The lowest BCUT2D eigenvalue weighted by molar-refractivity contribution is 0.111. The molecule has 0 saturated heterocycles. The molecule has 0 unspecified atom stereocenters. The molecule has 0 bridgehead atoms. The van der Waals surface area contributed by atoms with Gasteiger partial charge in [-0.2, -0.15) is 0 Å². The van der Waals surface area contributed by atoms with Gasteiger partial charge in [-0.1, -0.05) is 13.8 Å². The fourth-order valence-corrected chi connectivity index (χ4v) is 1.71. The van der Waals surface area contributed by atoms with Crippen molar-refractivity contribution in [1.29, 1.82) is 0 Å². The van der Waals surface area contributed by atoms with Crippen molar-refractivity contribution < 1.29 is 4.74 Å². The average molecular weight is 220 g/mol. The average Bonchev–Trinajstić information content (AvgIpc) is 2.91. The molecule has 2 nitrogen and oxygen atoms in total. The van der Waals surface area contributed by atoms with Crippen LogP contribution in [0, 0.1) is 11.3 Å². The number of hydrogen-bond acceptors (Lipinski definition) is 2. The first-order chi connectivity index (χ1) is 6.68. The van der Waals surface area contributed by atoms with Gasteiger partial charge in [-0.15, -0.1) is 11.6 Å². The summed E-state index contributed by atoms with van der Waals surface area (Å²) in [5.41, 5.74) is 0.430. The molecule has 0 aliphatic heterocycles. The van der Waals surface area contributed by atoms with Gasteiger partial charge in [0.2, 0.25) is 0 Å². The third kappa shape index (κ3) is 4.63. The van der Waals surface area contributed by atoms with Gasteiger partial charge in [-0.05, 0) is 24.2 Å². The minimum absolute atomic E-state index is 0.430. The number of rotatable bonds is 8. The van der Waals surface area contributed by atoms with Crippen molar-refractivity contribution in [2.75, 3.05) is 32.2 Å². The molecule has 0 aromatic carbocycles. The minimum atomic E-state index is 0.430. The van der Waals surface area contributed by atoms with Crippen LogP contribution >= 0.6 is 11.6 Å². The van der Waals surface area contributed by atoms with Gasteiger partial charge >= 0.3 is 0 Å². The molecule has 1 rings (SSSR count). The van der Waals surface area contributed by atoms with E-state index in [1.165, 1.54) is 12.8 Å². The summed E-state index contributed by atoms with van der Waals surface area (Å²) >= 11 is 5.87. The van der Waals surface area contributed by atoms with Gasteiger partial charge in [0.1, 0.15) is 0 Å². The summed E-state index contributed by atoms with van der Waals surface area (Å²) in [7, 11) is 0. The second-order valence-corrected chi connectivity index (χ2v) is 5.05. The van der Waals surface area contributed by atoms with Gasteiger partial charge in [0.05, 0.1) is 6.61 Å². The maximum atomic E-state index is 5.87. The van der Waals surface area contributed by atoms with E-state index in [9.17, 15) is 0 Å². The SMILES string of the molecule is CC(C)COCCNCC1(CCl)CC1. The largest absolute Gasteiger partial charge is 0.380 e. The molecule has 1 aliphatic rings. The van der Waals surface area contributed by atoms with Crippen molar-refractivity contribution in [2.45, 2.75) is 26.7 Å². The van der Waals surface area contributed by atoms with Crippen LogP contribution in [0.15, 0.2) is 0 Å². The molecule has 1 saturated carbocycles. The van der Waals surface area contributed by atoms with Crippen LogP contribution in [-0.4, -0.2) is 32.2 Å². The van der Waals surface area contributed by atoms with Crippen molar-refractivity contribution in [3.05, 3.63) is 0 Å². The van der Waals surface area contributed by atoms with E-state index in [4.69, 9.17) is 16.3 Å². The molecule has 0 spiro atoms. The molecule has 0 atom stereocenters. The second kappa shape index (κ2) is 5.94. The van der Waals surface area contributed by atoms with Crippen LogP contribution in [0.3, 0.4) is 0 Å². The molecular formula is C11H22ClNO. The third-order valence-corrected chi connectivity index (χ3v) is 3.18. The smallest absolute Gasteiger partial charge is 0.0591 e. The van der Waals surface area contributed by atoms with Crippen LogP contribution in [0.2, 0.25) is 0 Å². The Hall–Kier alpha value is 0.210. The van der Waals surface area contributed by atoms with E-state index in [0.717, 1.165) is 32.2 Å². The summed E-state index contributed by atoms with van der Waals surface area (Å²) < 4.78 is 5.47. The van der Waals surface area contributed by atoms with Gasteiger partial charge < -0.3 is 10.1 Å². The summed E-state index contributed by atoms with van der Waals surface area (Å²) in [5.74, 6) is 1.43. The van der Waals surface area contributed by atoms with Crippen LogP contribution in [-0.2, 0) is 4.74 Å². The lowest BCUT2D eigenvalue weighted by Gasteiger charge is -2.12. The monoisotopic (exact) mass is 219 g/mol. The lowest BCUT2D eigenvalue weighted by Crippen LogP contribution is -2.28. The zero-order valence-electron chi connectivity index (χ0n) is 9.31. The minimum Gasteiger partial charge on any atom is -0.380 e. The highest BCUT2D eigenvalue weighted by Crippen LogP contribution is 2.45. The van der Waals surface area contributed by atoms with E-state index in [-0.39, 0.29) is 0 Å². The van der Waals surface area contributed by atoms with Crippen molar-refractivity contribution in [3.63, 3.8) is 0 Å². The third-order valence-electron chi connectivity index (χ3n) is 2.61. The number of nitrogens with one attached hydrogen (secondary N) is 1. The first-order valence-corrected chi connectivity index (χ1v) is 6.06. The molecule has 0 amide bonds. The fourth-order valence-electron chi connectivity index (χ4n) is 1.35. The van der Waals surface area contributed by atoms with Crippen molar-refractivity contribution in [2.24, 2.45) is 11.3 Å². The lowest BCUT2D eigenvalue weighted by atomic mass is 10.1. The van der Waals surface area contributed by atoms with E-state index in [1.807, 2.05) is 0 Å². The summed E-state index contributed by atoms with van der Waals surface area (Å²) in [6.07, 6.45) is 2.58. The molecule has 1 fully saturated rings. The highest BCUT2D eigenvalue weighted by molar-refractivity contribution is 6.18. The Labute approximate surface area is 92.3 Å². The van der Waals surface area contributed by atoms with E-state index >= 15 is 0 Å². The Morgan fingerprint density at radius 1 is 1.43 bits per heavy atom. The summed E-state index contributed by atoms with van der Waals surface area (Å²) in [6, 6.07) is 0. The molecule has 0 radical (unpaired) electrons. The first-order valence-electron chi connectivity index (χ1n) is 5.53. The van der Waals surface area contributed by atoms with Gasteiger partial charge in [-0.25, -0.2) is 0 Å². The van der Waals surface area contributed by atoms with Crippen LogP contribution in [0.4, 0.5) is 0 Å². The summed E-state index contributed by atoms with van der Waals surface area (Å²) in [5, 5.41) is 3.40. The molecule has 1 N–H and O–H groups in total. The zero-order valence-corrected chi connectivity index (χ0v) is 10.1. The van der Waals surface area contributed by atoms with Crippen LogP contribution < -0.4 is 5.32 Å². The summed E-state index contributed by atoms with van der Waals surface area (Å²) in [6.45, 7) is 8.02. The summed E-state index contributed by atoms with van der Waals surface area (Å²) in [4.78, 5) is 0. The number of ether oxygens (including phenoxy) is 1. The molecule has 14 heavy (non-hydrogen) atoms. The van der Waals surface area contributed by atoms with Crippen LogP contribution in [0.1, 0.15) is 26.7 Å². The second-order valence-electron chi connectivity index (χ2n) is 4.78. The number of alkyl halides is 1. The van der Waals surface area contributed by atoms with Gasteiger partial charge in [0.25, 0.3) is 0 Å². The van der Waals surface area contributed by atoms with Crippen molar-refractivity contribution in [3.8, 4) is 0 Å². The Morgan fingerprint density at radius 2 is 2.14 bits per heavy atom. The molecular weight excluding hydrogens is 198 g/mol. The normalized spacial score (nSPS) is 18.9. The van der Waals surface area contributed by atoms with Crippen molar-refractivity contribution in [1.82, 2.24) is 5.32 Å². The van der Waals surface area contributed by atoms with Gasteiger partial charge in [-0.3, -0.25) is 0 Å². The number of hydrogen-bond donors (Lipinski definition) is 1. The zero-order chi connectivity index (χ0) is 10.4. The molecule has 84 valence electrons. The first kappa shape index (κ1) is 12.3. The van der Waals surface area contributed by atoms with E-state index in [2.05, 4.69) is 19.2 Å². The van der Waals surface area contributed by atoms with E-state index in [0.29, 0.717) is 11.3 Å². The highest BCUT2D eigenvalue weighted by atomic mass is 35.5. The van der Waals surface area contributed by atoms with E-state index < -0.39 is 0 Å². The molecule has 0 aromatic rings. The highest BCUT2D eigenvalue weighted by Gasteiger charge is 2.40. The molecule has 3 heteroatoms. The Morgan fingerprint density at radius 3 is 2.64 bits per heavy atom. The van der Waals surface area contributed by atoms with Crippen LogP contribution in [0.25, 0.3) is 0 Å². The molecule has 0 heterocycles. The molecule has 0 aromatic heterocycles. The topological polar surface area (TPSA) is 21.3 Å². The van der Waals surface area contributed by atoms with Gasteiger partial charge in [0, 0.05) is 25.6 Å². The maximum absolute atomic E-state index is 5.87. The van der Waals surface area contributed by atoms with Crippen molar-refractivity contribution >= 4 is 11.6 Å². The Balaban J connectivity index is 1.85. The Bertz CT molecular complexity index is 157. The molecule has 1 aliphatic carbocycles. The van der Waals surface area contributed by atoms with Gasteiger partial charge in [0.15, 0.2) is 0 Å².